The Kier molecular flexibility index (Phi) is 3.83. The van der Waals surface area contributed by atoms with Crippen LogP contribution in [-0.4, -0.2) is 39.2 Å². The molecule has 0 spiro atoms. The van der Waals surface area contributed by atoms with E-state index in [2.05, 4.69) is 9.97 Å². The zero-order valence-electron chi connectivity index (χ0n) is 11.1. The fraction of sp³-hybridized carbons (Fsp3) is 0.400. The Bertz CT molecular complexity index is 626. The summed E-state index contributed by atoms with van der Waals surface area (Å²) in [6, 6.07) is 5.67. The number of piperidine rings is 1. The molecule has 2 heterocycles. The van der Waals surface area contributed by atoms with Crippen molar-refractivity contribution >= 4 is 28.5 Å². The molecule has 0 N–H and O–H groups in total. The Labute approximate surface area is 122 Å². The highest BCUT2D eigenvalue weighted by molar-refractivity contribution is 6.18. The summed E-state index contributed by atoms with van der Waals surface area (Å²) in [5.41, 5.74) is 2.03. The molecule has 2 aromatic rings. The summed E-state index contributed by atoms with van der Waals surface area (Å²) in [7, 11) is 0. The fourth-order valence-corrected chi connectivity index (χ4v) is 3.07. The van der Waals surface area contributed by atoms with E-state index in [-0.39, 0.29) is 11.9 Å². The van der Waals surface area contributed by atoms with Gasteiger partial charge in [0.2, 0.25) is 0 Å². The number of amides is 1. The normalized spacial score (nSPS) is 19.2. The maximum Gasteiger partial charge on any atom is 0.256 e. The van der Waals surface area contributed by atoms with Crippen molar-refractivity contribution in [2.75, 3.05) is 12.4 Å². The molecule has 1 aliphatic rings. The second kappa shape index (κ2) is 5.75. The maximum atomic E-state index is 12.8. The SMILES string of the molecule is O=C(c1cccc2nccnc12)N1CCCCC1CCl. The Balaban J connectivity index is 1.99. The number of carbonyl (C=O) groups is 1. The van der Waals surface area contributed by atoms with Crippen molar-refractivity contribution in [3.05, 3.63) is 36.2 Å². The van der Waals surface area contributed by atoms with Crippen molar-refractivity contribution in [1.29, 1.82) is 0 Å². The highest BCUT2D eigenvalue weighted by Gasteiger charge is 2.27. The summed E-state index contributed by atoms with van der Waals surface area (Å²) in [6.45, 7) is 0.771. The van der Waals surface area contributed by atoms with Crippen LogP contribution < -0.4 is 0 Å². The molecule has 0 saturated carbocycles. The zero-order chi connectivity index (χ0) is 13.9. The molecule has 1 saturated heterocycles. The van der Waals surface area contributed by atoms with Crippen molar-refractivity contribution in [2.24, 2.45) is 0 Å². The molecule has 1 fully saturated rings. The van der Waals surface area contributed by atoms with Crippen LogP contribution in [0.4, 0.5) is 0 Å². The Hall–Kier alpha value is -1.68. The number of fused-ring (bicyclic) bond motifs is 1. The summed E-state index contributed by atoms with van der Waals surface area (Å²) in [6.07, 6.45) is 6.41. The molecule has 4 nitrogen and oxygen atoms in total. The van der Waals surface area contributed by atoms with E-state index >= 15 is 0 Å². The molecule has 1 unspecified atom stereocenters. The molecule has 1 aromatic carbocycles. The number of hydrogen-bond acceptors (Lipinski definition) is 3. The highest BCUT2D eigenvalue weighted by Crippen LogP contribution is 2.23. The second-order valence-electron chi connectivity index (χ2n) is 5.03. The van der Waals surface area contributed by atoms with Gasteiger partial charge >= 0.3 is 0 Å². The van der Waals surface area contributed by atoms with Gasteiger partial charge in [0.05, 0.1) is 11.1 Å². The van der Waals surface area contributed by atoms with Crippen molar-refractivity contribution in [1.82, 2.24) is 14.9 Å². The molecule has 5 heteroatoms. The average molecular weight is 290 g/mol. The first-order chi connectivity index (χ1) is 9.81. The van der Waals surface area contributed by atoms with Crippen molar-refractivity contribution in [2.45, 2.75) is 25.3 Å². The van der Waals surface area contributed by atoms with Gasteiger partial charge in [-0.2, -0.15) is 0 Å². The topological polar surface area (TPSA) is 46.1 Å². The van der Waals surface area contributed by atoms with Gasteiger partial charge in [-0.05, 0) is 31.4 Å². The lowest BCUT2D eigenvalue weighted by molar-refractivity contribution is 0.0641. The predicted molar refractivity (Wildman–Crippen MR) is 78.9 cm³/mol. The Morgan fingerprint density at radius 2 is 2.15 bits per heavy atom. The number of halogens is 1. The van der Waals surface area contributed by atoms with Crippen molar-refractivity contribution < 1.29 is 4.79 Å². The van der Waals surface area contributed by atoms with Crippen LogP contribution in [-0.2, 0) is 0 Å². The summed E-state index contributed by atoms with van der Waals surface area (Å²) >= 11 is 6.00. The van der Waals surface area contributed by atoms with Gasteiger partial charge in [-0.15, -0.1) is 11.6 Å². The van der Waals surface area contributed by atoms with Gasteiger partial charge in [0, 0.05) is 30.9 Å². The standard InChI is InChI=1S/C15H16ClN3O/c16-10-11-4-1-2-9-19(11)15(20)12-5-3-6-13-14(12)18-8-7-17-13/h3,5-8,11H,1-2,4,9-10H2. The summed E-state index contributed by atoms with van der Waals surface area (Å²) in [5, 5.41) is 0. The lowest BCUT2D eigenvalue weighted by Gasteiger charge is -2.34. The third-order valence-electron chi connectivity index (χ3n) is 3.80. The molecule has 0 radical (unpaired) electrons. The van der Waals surface area contributed by atoms with Gasteiger partial charge in [0.15, 0.2) is 0 Å². The second-order valence-corrected chi connectivity index (χ2v) is 5.34. The first-order valence-corrected chi connectivity index (χ1v) is 7.41. The number of likely N-dealkylation sites (tertiary alicyclic amines) is 1. The van der Waals surface area contributed by atoms with E-state index in [4.69, 9.17) is 11.6 Å². The molecule has 0 bridgehead atoms. The quantitative estimate of drug-likeness (QED) is 0.799. The van der Waals surface area contributed by atoms with Gasteiger partial charge in [-0.1, -0.05) is 6.07 Å². The van der Waals surface area contributed by atoms with Crippen LogP contribution in [0.2, 0.25) is 0 Å². The molecule has 104 valence electrons. The summed E-state index contributed by atoms with van der Waals surface area (Å²) in [5.74, 6) is 0.504. The van der Waals surface area contributed by atoms with Crippen molar-refractivity contribution in [3.8, 4) is 0 Å². The summed E-state index contributed by atoms with van der Waals surface area (Å²) in [4.78, 5) is 23.2. The molecule has 1 atom stereocenters. The Morgan fingerprint density at radius 3 is 3.00 bits per heavy atom. The number of rotatable bonds is 2. The largest absolute Gasteiger partial charge is 0.334 e. The van der Waals surface area contributed by atoms with Crippen LogP contribution in [0.1, 0.15) is 29.6 Å². The molecule has 1 aliphatic heterocycles. The highest BCUT2D eigenvalue weighted by atomic mass is 35.5. The van der Waals surface area contributed by atoms with E-state index in [1.54, 1.807) is 12.4 Å². The van der Waals surface area contributed by atoms with Crippen LogP contribution in [0.15, 0.2) is 30.6 Å². The van der Waals surface area contributed by atoms with Crippen LogP contribution in [0, 0.1) is 0 Å². The van der Waals surface area contributed by atoms with Gasteiger partial charge in [-0.3, -0.25) is 14.8 Å². The van der Waals surface area contributed by atoms with E-state index in [1.165, 1.54) is 0 Å². The minimum Gasteiger partial charge on any atom is -0.334 e. The Morgan fingerprint density at radius 1 is 1.30 bits per heavy atom. The molecule has 1 amide bonds. The van der Waals surface area contributed by atoms with Gasteiger partial charge in [-0.25, -0.2) is 0 Å². The molecule has 20 heavy (non-hydrogen) atoms. The van der Waals surface area contributed by atoms with E-state index in [0.717, 1.165) is 31.3 Å². The van der Waals surface area contributed by atoms with Gasteiger partial charge < -0.3 is 4.90 Å². The fourth-order valence-electron chi connectivity index (χ4n) is 2.75. The first kappa shape index (κ1) is 13.3. The number of benzene rings is 1. The van der Waals surface area contributed by atoms with Crippen LogP contribution in [0.25, 0.3) is 11.0 Å². The molecule has 0 aliphatic carbocycles. The van der Waals surface area contributed by atoms with Crippen LogP contribution in [0.3, 0.4) is 0 Å². The number of hydrogen-bond donors (Lipinski definition) is 0. The lowest BCUT2D eigenvalue weighted by Crippen LogP contribution is -2.44. The average Bonchev–Trinajstić information content (AvgIpc) is 2.53. The van der Waals surface area contributed by atoms with Gasteiger partial charge in [0.25, 0.3) is 5.91 Å². The number of para-hydroxylation sites is 1. The third-order valence-corrected chi connectivity index (χ3v) is 4.15. The van der Waals surface area contributed by atoms with E-state index in [9.17, 15) is 4.79 Å². The molecular weight excluding hydrogens is 274 g/mol. The maximum absolute atomic E-state index is 12.8. The van der Waals surface area contributed by atoms with E-state index in [0.29, 0.717) is 17.0 Å². The number of carbonyl (C=O) groups excluding carboxylic acids is 1. The molecule has 3 rings (SSSR count). The number of aromatic nitrogens is 2. The number of alkyl halides is 1. The van der Waals surface area contributed by atoms with E-state index in [1.807, 2.05) is 23.1 Å². The third kappa shape index (κ3) is 2.36. The van der Waals surface area contributed by atoms with Crippen molar-refractivity contribution in [3.63, 3.8) is 0 Å². The van der Waals surface area contributed by atoms with E-state index < -0.39 is 0 Å². The molecular formula is C15H16ClN3O. The molecule has 1 aromatic heterocycles. The van der Waals surface area contributed by atoms with Crippen LogP contribution >= 0.6 is 11.6 Å². The lowest BCUT2D eigenvalue weighted by atomic mass is 10.0. The van der Waals surface area contributed by atoms with Crippen LogP contribution in [0.5, 0.6) is 0 Å². The minimum atomic E-state index is 0.0152. The smallest absolute Gasteiger partial charge is 0.256 e. The number of nitrogens with zero attached hydrogens (tertiary/aromatic N) is 3. The zero-order valence-corrected chi connectivity index (χ0v) is 11.9. The van der Waals surface area contributed by atoms with Gasteiger partial charge in [0.1, 0.15) is 5.52 Å². The predicted octanol–water partition coefficient (Wildman–Crippen LogP) is 2.86. The first-order valence-electron chi connectivity index (χ1n) is 6.88. The summed E-state index contributed by atoms with van der Waals surface area (Å²) < 4.78 is 0. The minimum absolute atomic E-state index is 0.0152. The monoisotopic (exact) mass is 289 g/mol.